The molecule has 6 unspecified atom stereocenters. The lowest BCUT2D eigenvalue weighted by atomic mass is 9.98. The van der Waals surface area contributed by atoms with Gasteiger partial charge in [0.15, 0.2) is 24.6 Å². The van der Waals surface area contributed by atoms with Crippen LogP contribution in [0.3, 0.4) is 0 Å². The molecule has 12 nitrogen and oxygen atoms in total. The molecule has 418 valence electrons. The lowest BCUT2D eigenvalue weighted by Gasteiger charge is -2.40. The highest BCUT2D eigenvalue weighted by Gasteiger charge is 2.50. The second-order valence-corrected chi connectivity index (χ2v) is 19.5. The molecule has 12 heteroatoms. The van der Waals surface area contributed by atoms with Crippen LogP contribution in [0.4, 0.5) is 0 Å². The summed E-state index contributed by atoms with van der Waals surface area (Å²) >= 11 is 0. The number of carbonyl (C=O) groups excluding carboxylic acids is 3. The molecule has 0 aromatic carbocycles. The zero-order valence-electron chi connectivity index (χ0n) is 45.9. The van der Waals surface area contributed by atoms with Crippen LogP contribution in [0.2, 0.25) is 0 Å². The average Bonchev–Trinajstić information content (AvgIpc) is 3.37. The van der Waals surface area contributed by atoms with E-state index in [4.69, 9.17) is 23.7 Å². The van der Waals surface area contributed by atoms with Crippen molar-refractivity contribution in [2.75, 3.05) is 13.2 Å². The lowest BCUT2D eigenvalue weighted by Crippen LogP contribution is -2.61. The lowest BCUT2D eigenvalue weighted by molar-refractivity contribution is -0.301. The van der Waals surface area contributed by atoms with Gasteiger partial charge in [-0.3, -0.25) is 14.4 Å². The third-order valence-electron chi connectivity index (χ3n) is 12.7. The Kier molecular flexibility index (Phi) is 45.1. The van der Waals surface area contributed by atoms with E-state index in [0.717, 1.165) is 116 Å². The first-order valence-electron chi connectivity index (χ1n) is 28.9. The van der Waals surface area contributed by atoms with Gasteiger partial charge in [-0.1, -0.05) is 190 Å². The van der Waals surface area contributed by atoms with Gasteiger partial charge >= 0.3 is 23.9 Å². The van der Waals surface area contributed by atoms with E-state index in [1.54, 1.807) is 0 Å². The van der Waals surface area contributed by atoms with Gasteiger partial charge in [-0.25, -0.2) is 4.79 Å². The number of carbonyl (C=O) groups is 4. The molecule has 73 heavy (non-hydrogen) atoms. The van der Waals surface area contributed by atoms with Crippen molar-refractivity contribution in [2.24, 2.45) is 0 Å². The summed E-state index contributed by atoms with van der Waals surface area (Å²) in [7, 11) is 0. The highest BCUT2D eigenvalue weighted by Crippen LogP contribution is 2.26. The fourth-order valence-corrected chi connectivity index (χ4v) is 8.27. The van der Waals surface area contributed by atoms with Crippen molar-refractivity contribution >= 4 is 23.9 Å². The van der Waals surface area contributed by atoms with E-state index < -0.39 is 67.3 Å². The molecular weight excluding hydrogens is 925 g/mol. The molecule has 0 aliphatic carbocycles. The number of aliphatic hydroxyl groups excluding tert-OH is 2. The third kappa shape index (κ3) is 39.3. The van der Waals surface area contributed by atoms with Crippen LogP contribution in [-0.4, -0.2) is 89.2 Å². The van der Waals surface area contributed by atoms with Gasteiger partial charge in [-0.2, -0.15) is 0 Å². The molecule has 0 amide bonds. The summed E-state index contributed by atoms with van der Waals surface area (Å²) in [6.45, 7) is 5.77. The number of hydrogen-bond acceptors (Lipinski definition) is 11. The number of aliphatic hydroxyl groups is 2. The van der Waals surface area contributed by atoms with Gasteiger partial charge < -0.3 is 39.0 Å². The molecule has 3 N–H and O–H groups in total. The van der Waals surface area contributed by atoms with Crippen LogP contribution in [0.1, 0.15) is 239 Å². The van der Waals surface area contributed by atoms with Crippen molar-refractivity contribution < 1.29 is 58.2 Å². The molecule has 6 atom stereocenters. The van der Waals surface area contributed by atoms with Gasteiger partial charge in [0, 0.05) is 19.3 Å². The molecule has 1 rings (SSSR count). The number of unbranched alkanes of at least 4 members (excludes halogenated alkanes) is 22. The quantitative estimate of drug-likeness (QED) is 0.0228. The van der Waals surface area contributed by atoms with E-state index in [9.17, 15) is 34.5 Å². The second kappa shape index (κ2) is 49.1. The minimum Gasteiger partial charge on any atom is -0.479 e. The second-order valence-electron chi connectivity index (χ2n) is 19.5. The Morgan fingerprint density at radius 1 is 0.466 bits per heavy atom. The normalized spacial score (nSPS) is 18.8. The predicted octanol–water partition coefficient (Wildman–Crippen LogP) is 14.6. The predicted molar refractivity (Wildman–Crippen MR) is 294 cm³/mol. The molecule has 1 heterocycles. The maximum atomic E-state index is 13.1. The van der Waals surface area contributed by atoms with Gasteiger partial charge in [-0.15, -0.1) is 0 Å². The number of ether oxygens (including phenoxy) is 5. The first-order valence-corrected chi connectivity index (χ1v) is 28.9. The SMILES string of the molecule is CC/C=C\C/C=C\C/C=C\CCCCCC(=O)OCC(COC1OC(C(=O)O)C(O)C(O)C1OC(=O)CCCCCCCCCCC/C=C\C/C=C\CCCCC)OC(=O)CCCCCCC/C=C\CCCC. The largest absolute Gasteiger partial charge is 0.479 e. The summed E-state index contributed by atoms with van der Waals surface area (Å²) in [5.41, 5.74) is 0. The molecule has 0 radical (unpaired) electrons. The Labute approximate surface area is 442 Å². The van der Waals surface area contributed by atoms with Crippen molar-refractivity contribution in [1.29, 1.82) is 0 Å². The molecule has 0 bridgehead atoms. The molecule has 1 aliphatic rings. The maximum absolute atomic E-state index is 13.1. The Bertz CT molecular complexity index is 1550. The number of hydrogen-bond donors (Lipinski definition) is 3. The van der Waals surface area contributed by atoms with E-state index in [1.807, 2.05) is 0 Å². The van der Waals surface area contributed by atoms with Crippen LogP contribution < -0.4 is 0 Å². The van der Waals surface area contributed by atoms with Crippen molar-refractivity contribution in [2.45, 2.75) is 276 Å². The first kappa shape index (κ1) is 67.2. The summed E-state index contributed by atoms with van der Waals surface area (Å²) in [6, 6.07) is 0. The van der Waals surface area contributed by atoms with Crippen molar-refractivity contribution in [3.8, 4) is 0 Å². The highest BCUT2D eigenvalue weighted by atomic mass is 16.7. The minimum atomic E-state index is -1.91. The van der Waals surface area contributed by atoms with Crippen molar-refractivity contribution in [1.82, 2.24) is 0 Å². The van der Waals surface area contributed by atoms with E-state index >= 15 is 0 Å². The monoisotopic (exact) mass is 1030 g/mol. The molecule has 1 fully saturated rings. The Balaban J connectivity index is 2.68. The Morgan fingerprint density at radius 3 is 1.38 bits per heavy atom. The fraction of sp³-hybridized carbons (Fsp3) is 0.738. The molecule has 1 saturated heterocycles. The zero-order chi connectivity index (χ0) is 53.3. The van der Waals surface area contributed by atoms with Gasteiger partial charge in [0.2, 0.25) is 0 Å². The van der Waals surface area contributed by atoms with E-state index in [1.165, 1.54) is 64.2 Å². The van der Waals surface area contributed by atoms with Gasteiger partial charge in [0.05, 0.1) is 6.61 Å². The van der Waals surface area contributed by atoms with Crippen LogP contribution in [-0.2, 0) is 42.9 Å². The van der Waals surface area contributed by atoms with Gasteiger partial charge in [0.25, 0.3) is 0 Å². The Morgan fingerprint density at radius 2 is 0.877 bits per heavy atom. The summed E-state index contributed by atoms with van der Waals surface area (Å²) in [6.07, 6.45) is 48.8. The topological polar surface area (TPSA) is 175 Å². The van der Waals surface area contributed by atoms with E-state index in [-0.39, 0.29) is 25.9 Å². The van der Waals surface area contributed by atoms with E-state index in [0.29, 0.717) is 19.3 Å². The van der Waals surface area contributed by atoms with Crippen LogP contribution in [0, 0.1) is 0 Å². The zero-order valence-corrected chi connectivity index (χ0v) is 45.9. The third-order valence-corrected chi connectivity index (χ3v) is 12.7. The van der Waals surface area contributed by atoms with Gasteiger partial charge in [0.1, 0.15) is 18.8 Å². The minimum absolute atomic E-state index is 0.0502. The molecule has 1 aliphatic heterocycles. The standard InChI is InChI=1S/C61H102O12/c1-4-7-10-13-16-19-22-24-25-26-27-28-29-31-34-37-40-43-46-49-55(64)72-59-57(66)56(65)58(60(67)68)73-61(59)70-51-52(71-54(63)48-45-42-39-36-32-21-18-15-12-9-6-3)50-69-53(62)47-44-41-38-35-33-30-23-20-17-14-11-8-5-2/h8,11,15-20,24-25,30,33,52,56-59,61,65-66H,4-7,9-10,12-14,21-23,26-29,31-32,34-51H2,1-3H3,(H,67,68)/b11-8-,18-15-,19-16-,20-17-,25-24-,33-30-. The van der Waals surface area contributed by atoms with Crippen LogP contribution in [0.15, 0.2) is 72.9 Å². The van der Waals surface area contributed by atoms with Crippen molar-refractivity contribution in [3.63, 3.8) is 0 Å². The van der Waals surface area contributed by atoms with Crippen LogP contribution in [0.25, 0.3) is 0 Å². The van der Waals surface area contributed by atoms with Crippen LogP contribution in [0.5, 0.6) is 0 Å². The molecular formula is C61H102O12. The number of carboxylic acid groups (broad SMARTS) is 1. The molecule has 0 saturated carbocycles. The average molecular weight is 1030 g/mol. The van der Waals surface area contributed by atoms with Crippen molar-refractivity contribution in [3.05, 3.63) is 72.9 Å². The molecule has 0 spiro atoms. The summed E-state index contributed by atoms with van der Waals surface area (Å²) in [4.78, 5) is 51.0. The highest BCUT2D eigenvalue weighted by molar-refractivity contribution is 5.74. The first-order chi connectivity index (χ1) is 35.6. The smallest absolute Gasteiger partial charge is 0.335 e. The number of rotatable bonds is 48. The molecule has 0 aromatic heterocycles. The van der Waals surface area contributed by atoms with E-state index in [2.05, 4.69) is 93.7 Å². The molecule has 0 aromatic rings. The fourth-order valence-electron chi connectivity index (χ4n) is 8.27. The Hall–Kier alpha value is -3.84. The number of carboxylic acids is 1. The summed E-state index contributed by atoms with van der Waals surface area (Å²) in [5, 5.41) is 31.4. The number of allylic oxidation sites excluding steroid dienone is 12. The number of esters is 3. The summed E-state index contributed by atoms with van der Waals surface area (Å²) in [5.74, 6) is -3.18. The van der Waals surface area contributed by atoms with Gasteiger partial charge in [-0.05, 0) is 103 Å². The van der Waals surface area contributed by atoms with Crippen LogP contribution >= 0.6 is 0 Å². The maximum Gasteiger partial charge on any atom is 0.335 e. The number of aliphatic carboxylic acids is 1. The summed E-state index contributed by atoms with van der Waals surface area (Å²) < 4.78 is 28.3.